The number of methoxy groups -OCH3 is 1. The molecule has 1 aliphatic heterocycles. The maximum Gasteiger partial charge on any atom is 0.305 e. The monoisotopic (exact) mass is 171 g/mol. The maximum absolute atomic E-state index is 10.9. The van der Waals surface area contributed by atoms with Crippen LogP contribution in [0.4, 0.5) is 0 Å². The van der Waals surface area contributed by atoms with Gasteiger partial charge in [-0.15, -0.1) is 0 Å². The molecular formula is C9H17NO2. The molecule has 0 radical (unpaired) electrons. The van der Waals surface area contributed by atoms with Crippen molar-refractivity contribution in [1.29, 1.82) is 0 Å². The average Bonchev–Trinajstić information content (AvgIpc) is 2.30. The highest BCUT2D eigenvalue weighted by molar-refractivity contribution is 5.69. The van der Waals surface area contributed by atoms with E-state index in [0.717, 1.165) is 13.0 Å². The number of hydrogen-bond acceptors (Lipinski definition) is 3. The molecular weight excluding hydrogens is 154 g/mol. The highest BCUT2D eigenvalue weighted by Gasteiger charge is 2.31. The molecule has 1 aliphatic rings. The third-order valence-electron chi connectivity index (χ3n) is 2.35. The lowest BCUT2D eigenvalue weighted by atomic mass is 9.95. The second-order valence-electron chi connectivity index (χ2n) is 4.12. The molecule has 1 rings (SSSR count). The quantitative estimate of drug-likeness (QED) is 0.628. The van der Waals surface area contributed by atoms with E-state index in [1.807, 2.05) is 0 Å². The van der Waals surface area contributed by atoms with Crippen LogP contribution in [0, 0.1) is 5.92 Å². The van der Waals surface area contributed by atoms with E-state index in [4.69, 9.17) is 0 Å². The Bertz CT molecular complexity index is 177. The standard InChI is InChI=1S/C9H17NO2/c1-9(2)5-7(6-10-9)4-8(11)12-3/h7,10H,4-6H2,1-3H3. The van der Waals surface area contributed by atoms with Crippen molar-refractivity contribution in [1.82, 2.24) is 5.32 Å². The van der Waals surface area contributed by atoms with Gasteiger partial charge in [0.25, 0.3) is 0 Å². The third-order valence-corrected chi connectivity index (χ3v) is 2.35. The highest BCUT2D eigenvalue weighted by Crippen LogP contribution is 2.25. The van der Waals surface area contributed by atoms with Crippen molar-refractivity contribution < 1.29 is 9.53 Å². The topological polar surface area (TPSA) is 38.3 Å². The van der Waals surface area contributed by atoms with Crippen LogP contribution in [0.1, 0.15) is 26.7 Å². The minimum absolute atomic E-state index is 0.0977. The Morgan fingerprint density at radius 1 is 1.67 bits per heavy atom. The molecule has 0 aliphatic carbocycles. The summed E-state index contributed by atoms with van der Waals surface area (Å²) >= 11 is 0. The van der Waals surface area contributed by atoms with Gasteiger partial charge in [-0.3, -0.25) is 4.79 Å². The summed E-state index contributed by atoms with van der Waals surface area (Å²) in [6, 6.07) is 0. The van der Waals surface area contributed by atoms with Crippen LogP contribution in [0.25, 0.3) is 0 Å². The predicted molar refractivity (Wildman–Crippen MR) is 46.8 cm³/mol. The fourth-order valence-electron chi connectivity index (χ4n) is 1.75. The Kier molecular flexibility index (Phi) is 2.73. The Balaban J connectivity index is 2.33. The van der Waals surface area contributed by atoms with E-state index in [9.17, 15) is 4.79 Å². The summed E-state index contributed by atoms with van der Waals surface area (Å²) in [4.78, 5) is 10.9. The van der Waals surface area contributed by atoms with Crippen LogP contribution in [0.5, 0.6) is 0 Å². The molecule has 0 aromatic rings. The van der Waals surface area contributed by atoms with Gasteiger partial charge < -0.3 is 10.1 Å². The lowest BCUT2D eigenvalue weighted by Crippen LogP contribution is -2.31. The van der Waals surface area contributed by atoms with E-state index in [2.05, 4.69) is 23.9 Å². The first-order valence-electron chi connectivity index (χ1n) is 4.35. The van der Waals surface area contributed by atoms with Crippen molar-refractivity contribution in [2.24, 2.45) is 5.92 Å². The van der Waals surface area contributed by atoms with Gasteiger partial charge in [0.1, 0.15) is 0 Å². The Labute approximate surface area is 73.5 Å². The minimum atomic E-state index is -0.0977. The van der Waals surface area contributed by atoms with Crippen LogP contribution in [-0.4, -0.2) is 25.2 Å². The zero-order valence-corrected chi connectivity index (χ0v) is 8.02. The van der Waals surface area contributed by atoms with E-state index >= 15 is 0 Å². The van der Waals surface area contributed by atoms with E-state index in [1.165, 1.54) is 7.11 Å². The first kappa shape index (κ1) is 9.52. The minimum Gasteiger partial charge on any atom is -0.469 e. The highest BCUT2D eigenvalue weighted by atomic mass is 16.5. The molecule has 3 nitrogen and oxygen atoms in total. The van der Waals surface area contributed by atoms with Crippen molar-refractivity contribution in [2.75, 3.05) is 13.7 Å². The van der Waals surface area contributed by atoms with E-state index in [1.54, 1.807) is 0 Å². The van der Waals surface area contributed by atoms with E-state index in [0.29, 0.717) is 12.3 Å². The average molecular weight is 171 g/mol. The van der Waals surface area contributed by atoms with Crippen molar-refractivity contribution in [3.05, 3.63) is 0 Å². The molecule has 0 saturated carbocycles. The summed E-state index contributed by atoms with van der Waals surface area (Å²) in [6.45, 7) is 5.25. The van der Waals surface area contributed by atoms with Crippen LogP contribution >= 0.6 is 0 Å². The van der Waals surface area contributed by atoms with Crippen LogP contribution in [-0.2, 0) is 9.53 Å². The number of carbonyl (C=O) groups is 1. The lowest BCUT2D eigenvalue weighted by Gasteiger charge is -2.16. The first-order valence-corrected chi connectivity index (χ1v) is 4.35. The van der Waals surface area contributed by atoms with Gasteiger partial charge in [0.15, 0.2) is 0 Å². The summed E-state index contributed by atoms with van der Waals surface area (Å²) in [5.41, 5.74) is 0.193. The largest absolute Gasteiger partial charge is 0.469 e. The summed E-state index contributed by atoms with van der Waals surface area (Å²) in [7, 11) is 1.44. The van der Waals surface area contributed by atoms with Gasteiger partial charge in [0.2, 0.25) is 0 Å². The molecule has 12 heavy (non-hydrogen) atoms. The number of ether oxygens (including phenoxy) is 1. The molecule has 1 unspecified atom stereocenters. The normalized spacial score (nSPS) is 27.1. The second-order valence-corrected chi connectivity index (χ2v) is 4.12. The molecule has 3 heteroatoms. The van der Waals surface area contributed by atoms with Gasteiger partial charge in [0.05, 0.1) is 7.11 Å². The molecule has 1 atom stereocenters. The SMILES string of the molecule is COC(=O)CC1CNC(C)(C)C1. The van der Waals surface area contributed by atoms with Gasteiger partial charge in [-0.05, 0) is 32.7 Å². The fourth-order valence-corrected chi connectivity index (χ4v) is 1.75. The second kappa shape index (κ2) is 3.44. The number of nitrogens with one attached hydrogen (secondary N) is 1. The van der Waals surface area contributed by atoms with Gasteiger partial charge in [-0.1, -0.05) is 0 Å². The molecule has 0 bridgehead atoms. The van der Waals surface area contributed by atoms with Crippen molar-refractivity contribution in [2.45, 2.75) is 32.2 Å². The summed E-state index contributed by atoms with van der Waals surface area (Å²) in [6.07, 6.45) is 1.61. The molecule has 70 valence electrons. The van der Waals surface area contributed by atoms with E-state index in [-0.39, 0.29) is 11.5 Å². The molecule has 0 amide bonds. The number of carbonyl (C=O) groups excluding carboxylic acids is 1. The Morgan fingerprint density at radius 2 is 2.33 bits per heavy atom. The molecule has 1 N–H and O–H groups in total. The Hall–Kier alpha value is -0.570. The first-order chi connectivity index (χ1) is 5.53. The van der Waals surface area contributed by atoms with Gasteiger partial charge >= 0.3 is 5.97 Å². The fraction of sp³-hybridized carbons (Fsp3) is 0.889. The van der Waals surface area contributed by atoms with E-state index < -0.39 is 0 Å². The van der Waals surface area contributed by atoms with Gasteiger partial charge in [0, 0.05) is 12.0 Å². The molecule has 1 saturated heterocycles. The molecule has 1 heterocycles. The molecule has 0 aromatic heterocycles. The van der Waals surface area contributed by atoms with Gasteiger partial charge in [-0.2, -0.15) is 0 Å². The van der Waals surface area contributed by atoms with Crippen LogP contribution in [0.3, 0.4) is 0 Å². The van der Waals surface area contributed by atoms with Gasteiger partial charge in [-0.25, -0.2) is 0 Å². The number of hydrogen-bond donors (Lipinski definition) is 1. The number of esters is 1. The molecule has 0 spiro atoms. The van der Waals surface area contributed by atoms with Crippen LogP contribution in [0.2, 0.25) is 0 Å². The Morgan fingerprint density at radius 3 is 2.75 bits per heavy atom. The third kappa shape index (κ3) is 2.48. The van der Waals surface area contributed by atoms with Crippen molar-refractivity contribution in [3.63, 3.8) is 0 Å². The maximum atomic E-state index is 10.9. The summed E-state index contributed by atoms with van der Waals surface area (Å²) in [5, 5.41) is 3.37. The summed E-state index contributed by atoms with van der Waals surface area (Å²) in [5.74, 6) is 0.354. The van der Waals surface area contributed by atoms with Crippen LogP contribution in [0.15, 0.2) is 0 Å². The molecule has 1 fully saturated rings. The summed E-state index contributed by atoms with van der Waals surface area (Å²) < 4.78 is 4.61. The van der Waals surface area contributed by atoms with Crippen LogP contribution < -0.4 is 5.32 Å². The van der Waals surface area contributed by atoms with Crippen molar-refractivity contribution in [3.8, 4) is 0 Å². The smallest absolute Gasteiger partial charge is 0.305 e. The molecule has 0 aromatic carbocycles. The zero-order valence-electron chi connectivity index (χ0n) is 8.02. The van der Waals surface area contributed by atoms with Crippen molar-refractivity contribution >= 4 is 5.97 Å². The lowest BCUT2D eigenvalue weighted by molar-refractivity contribution is -0.141. The zero-order chi connectivity index (χ0) is 9.19. The number of rotatable bonds is 2. The predicted octanol–water partition coefficient (Wildman–Crippen LogP) is 0.938.